The predicted octanol–water partition coefficient (Wildman–Crippen LogP) is 1.82. The minimum atomic E-state index is -0.676. The summed E-state index contributed by atoms with van der Waals surface area (Å²) in [5.74, 6) is -0.660. The van der Waals surface area contributed by atoms with Gasteiger partial charge < -0.3 is 4.74 Å². The van der Waals surface area contributed by atoms with Crippen molar-refractivity contribution >= 4 is 11.7 Å². The van der Waals surface area contributed by atoms with Gasteiger partial charge in [0.15, 0.2) is 0 Å². The van der Waals surface area contributed by atoms with Crippen molar-refractivity contribution in [2.24, 2.45) is 0 Å². The summed E-state index contributed by atoms with van der Waals surface area (Å²) in [6, 6.07) is 4.29. The van der Waals surface area contributed by atoms with E-state index in [2.05, 4.69) is 4.74 Å². The van der Waals surface area contributed by atoms with E-state index < -0.39 is 10.9 Å². The number of carbonyl (C=O) groups excluding carboxylic acids is 1. The van der Waals surface area contributed by atoms with Crippen LogP contribution in [0.15, 0.2) is 12.1 Å². The summed E-state index contributed by atoms with van der Waals surface area (Å²) in [5, 5.41) is 19.7. The van der Waals surface area contributed by atoms with Crippen molar-refractivity contribution in [1.29, 1.82) is 5.26 Å². The number of nitro benzene ring substituents is 1. The SMILES string of the molecule is CCc1cc(C(=O)OC)cc([N+](=O)[O-])c1C#N. The third-order valence-electron chi connectivity index (χ3n) is 2.31. The first kappa shape index (κ1) is 12.6. The zero-order chi connectivity index (χ0) is 13.0. The Balaban J connectivity index is 3.52. The van der Waals surface area contributed by atoms with E-state index in [0.29, 0.717) is 12.0 Å². The number of hydrogen-bond acceptors (Lipinski definition) is 5. The van der Waals surface area contributed by atoms with Crippen LogP contribution in [0.3, 0.4) is 0 Å². The molecule has 0 radical (unpaired) electrons. The second kappa shape index (κ2) is 5.07. The van der Waals surface area contributed by atoms with Crippen LogP contribution in [0.1, 0.15) is 28.4 Å². The van der Waals surface area contributed by atoms with Crippen molar-refractivity contribution in [1.82, 2.24) is 0 Å². The smallest absolute Gasteiger partial charge is 0.338 e. The number of hydrogen-bond donors (Lipinski definition) is 0. The van der Waals surface area contributed by atoms with Gasteiger partial charge in [-0.15, -0.1) is 0 Å². The first-order valence-corrected chi connectivity index (χ1v) is 4.84. The number of methoxy groups -OCH3 is 1. The molecule has 6 nitrogen and oxygen atoms in total. The molecule has 0 atom stereocenters. The lowest BCUT2D eigenvalue weighted by atomic mass is 10.0. The van der Waals surface area contributed by atoms with Gasteiger partial charge in [-0.25, -0.2) is 4.79 Å². The highest BCUT2D eigenvalue weighted by molar-refractivity contribution is 5.91. The number of nitro groups is 1. The normalized spacial score (nSPS) is 9.47. The molecule has 0 amide bonds. The Morgan fingerprint density at radius 3 is 2.65 bits per heavy atom. The molecule has 0 saturated carbocycles. The van der Waals surface area contributed by atoms with Gasteiger partial charge in [0, 0.05) is 6.07 Å². The summed E-state index contributed by atoms with van der Waals surface area (Å²) in [4.78, 5) is 21.5. The predicted molar refractivity (Wildman–Crippen MR) is 58.5 cm³/mol. The van der Waals surface area contributed by atoms with Gasteiger partial charge in [0.1, 0.15) is 11.6 Å². The number of ether oxygens (including phenoxy) is 1. The van der Waals surface area contributed by atoms with E-state index in [0.717, 1.165) is 6.07 Å². The molecule has 0 bridgehead atoms. The van der Waals surface area contributed by atoms with Crippen LogP contribution >= 0.6 is 0 Å². The van der Waals surface area contributed by atoms with Crippen LogP contribution in [0.25, 0.3) is 0 Å². The fraction of sp³-hybridized carbons (Fsp3) is 0.273. The molecule has 0 N–H and O–H groups in total. The van der Waals surface area contributed by atoms with E-state index in [1.54, 1.807) is 13.0 Å². The first-order chi connectivity index (χ1) is 8.04. The molecule has 0 aliphatic rings. The molecule has 0 aliphatic heterocycles. The molecule has 6 heteroatoms. The summed E-state index contributed by atoms with van der Waals surface area (Å²) in [7, 11) is 1.19. The van der Waals surface area contributed by atoms with Gasteiger partial charge in [-0.1, -0.05) is 6.92 Å². The zero-order valence-corrected chi connectivity index (χ0v) is 9.39. The quantitative estimate of drug-likeness (QED) is 0.451. The lowest BCUT2D eigenvalue weighted by molar-refractivity contribution is -0.385. The molecule has 1 aromatic carbocycles. The molecule has 0 heterocycles. The third kappa shape index (κ3) is 2.39. The summed E-state index contributed by atoms with van der Waals surface area (Å²) < 4.78 is 4.50. The molecule has 17 heavy (non-hydrogen) atoms. The molecule has 1 rings (SSSR count). The lowest BCUT2D eigenvalue weighted by Gasteiger charge is -2.05. The molecule has 88 valence electrons. The molecule has 0 aliphatic carbocycles. The molecule has 0 saturated heterocycles. The van der Waals surface area contributed by atoms with Crippen LogP contribution < -0.4 is 0 Å². The lowest BCUT2D eigenvalue weighted by Crippen LogP contribution is -2.05. The van der Waals surface area contributed by atoms with Crippen molar-refractivity contribution in [3.05, 3.63) is 38.9 Å². The largest absolute Gasteiger partial charge is 0.465 e. The van der Waals surface area contributed by atoms with Crippen molar-refractivity contribution in [3.63, 3.8) is 0 Å². The Morgan fingerprint density at radius 1 is 1.59 bits per heavy atom. The van der Waals surface area contributed by atoms with E-state index in [1.807, 2.05) is 0 Å². The topological polar surface area (TPSA) is 93.2 Å². The van der Waals surface area contributed by atoms with Crippen LogP contribution in [0.4, 0.5) is 5.69 Å². The number of rotatable bonds is 3. The minimum absolute atomic E-state index is 0.00912. The number of benzene rings is 1. The number of aryl methyl sites for hydroxylation is 1. The Kier molecular flexibility index (Phi) is 3.78. The van der Waals surface area contributed by atoms with Crippen molar-refractivity contribution < 1.29 is 14.5 Å². The average Bonchev–Trinajstić information content (AvgIpc) is 2.35. The highest BCUT2D eigenvalue weighted by Gasteiger charge is 2.21. The number of carbonyl (C=O) groups is 1. The molecule has 1 aromatic rings. The second-order valence-corrected chi connectivity index (χ2v) is 3.24. The fourth-order valence-electron chi connectivity index (χ4n) is 1.47. The number of esters is 1. The summed E-state index contributed by atoms with van der Waals surface area (Å²) in [6.45, 7) is 1.75. The van der Waals surface area contributed by atoms with Gasteiger partial charge in [-0.3, -0.25) is 10.1 Å². The molecule has 0 unspecified atom stereocenters. The third-order valence-corrected chi connectivity index (χ3v) is 2.31. The van der Waals surface area contributed by atoms with E-state index in [1.165, 1.54) is 13.2 Å². The standard InChI is InChI=1S/C11H10N2O4/c1-3-7-4-8(11(14)17-2)5-10(13(15)16)9(7)6-12/h4-5H,3H2,1-2H3. The minimum Gasteiger partial charge on any atom is -0.465 e. The van der Waals surface area contributed by atoms with Crippen LogP contribution in [0, 0.1) is 21.4 Å². The van der Waals surface area contributed by atoms with E-state index in [4.69, 9.17) is 5.26 Å². The number of nitrogens with zero attached hydrogens (tertiary/aromatic N) is 2. The Labute approximate surface area is 97.6 Å². The highest BCUT2D eigenvalue weighted by atomic mass is 16.6. The van der Waals surface area contributed by atoms with E-state index in [-0.39, 0.29) is 16.8 Å². The van der Waals surface area contributed by atoms with Crippen molar-refractivity contribution in [3.8, 4) is 6.07 Å². The van der Waals surface area contributed by atoms with Crippen LogP contribution in [0.2, 0.25) is 0 Å². The number of nitriles is 1. The summed E-state index contributed by atoms with van der Waals surface area (Å²) in [6.07, 6.45) is 0.425. The summed E-state index contributed by atoms with van der Waals surface area (Å²) >= 11 is 0. The second-order valence-electron chi connectivity index (χ2n) is 3.24. The summed E-state index contributed by atoms with van der Waals surface area (Å²) in [5.41, 5.74) is 0.162. The molecule has 0 aromatic heterocycles. The maximum atomic E-state index is 11.3. The van der Waals surface area contributed by atoms with Gasteiger partial charge in [0.25, 0.3) is 5.69 Å². The van der Waals surface area contributed by atoms with E-state index >= 15 is 0 Å². The monoisotopic (exact) mass is 234 g/mol. The van der Waals surface area contributed by atoms with Crippen LogP contribution in [0.5, 0.6) is 0 Å². The Morgan fingerprint density at radius 2 is 2.24 bits per heavy atom. The first-order valence-electron chi connectivity index (χ1n) is 4.84. The molecular formula is C11H10N2O4. The van der Waals surface area contributed by atoms with E-state index in [9.17, 15) is 14.9 Å². The average molecular weight is 234 g/mol. The Bertz CT molecular complexity index is 517. The van der Waals surface area contributed by atoms with Crippen LogP contribution in [-0.4, -0.2) is 18.0 Å². The van der Waals surface area contributed by atoms with Gasteiger partial charge in [-0.2, -0.15) is 5.26 Å². The Hall–Kier alpha value is -2.42. The van der Waals surface area contributed by atoms with Gasteiger partial charge >= 0.3 is 5.97 Å². The van der Waals surface area contributed by atoms with Crippen LogP contribution in [-0.2, 0) is 11.2 Å². The van der Waals surface area contributed by atoms with Gasteiger partial charge in [0.05, 0.1) is 17.6 Å². The van der Waals surface area contributed by atoms with Crippen molar-refractivity contribution in [2.45, 2.75) is 13.3 Å². The molecular weight excluding hydrogens is 224 g/mol. The van der Waals surface area contributed by atoms with Crippen molar-refractivity contribution in [2.75, 3.05) is 7.11 Å². The molecule has 0 spiro atoms. The molecule has 0 fully saturated rings. The maximum absolute atomic E-state index is 11.3. The van der Waals surface area contributed by atoms with Gasteiger partial charge in [0.2, 0.25) is 0 Å². The van der Waals surface area contributed by atoms with Gasteiger partial charge in [-0.05, 0) is 18.1 Å². The zero-order valence-electron chi connectivity index (χ0n) is 9.39. The fourth-order valence-corrected chi connectivity index (χ4v) is 1.47. The highest BCUT2D eigenvalue weighted by Crippen LogP contribution is 2.24. The maximum Gasteiger partial charge on any atom is 0.338 e.